The number of urea groups is 1. The predicted octanol–water partition coefficient (Wildman–Crippen LogP) is 4.67. The Kier molecular flexibility index (Phi) is 8.40. The van der Waals surface area contributed by atoms with Crippen molar-refractivity contribution in [1.29, 1.82) is 0 Å². The zero-order valence-electron chi connectivity index (χ0n) is 20.3. The Morgan fingerprint density at radius 1 is 1.24 bits per heavy atom. The minimum absolute atomic E-state index is 0.0798. The summed E-state index contributed by atoms with van der Waals surface area (Å²) in [6.07, 6.45) is 3.53. The Labute approximate surface area is 232 Å². The van der Waals surface area contributed by atoms with Crippen LogP contribution in [0.25, 0.3) is 5.57 Å². The fourth-order valence-corrected chi connectivity index (χ4v) is 6.89. The molecule has 0 aliphatic heterocycles. The summed E-state index contributed by atoms with van der Waals surface area (Å²) in [7, 11) is -4.30. The van der Waals surface area contributed by atoms with Crippen molar-refractivity contribution < 1.29 is 22.4 Å². The number of hydrogen-bond acceptors (Lipinski definition) is 7. The molecule has 10 nitrogen and oxygen atoms in total. The van der Waals surface area contributed by atoms with E-state index in [9.17, 15) is 18.0 Å². The number of benzene rings is 1. The van der Waals surface area contributed by atoms with Crippen LogP contribution in [0.1, 0.15) is 42.3 Å². The second kappa shape index (κ2) is 11.4. The molecule has 1 aliphatic carbocycles. The van der Waals surface area contributed by atoms with E-state index in [1.54, 1.807) is 29.1 Å². The first-order valence-corrected chi connectivity index (χ1v) is 14.4. The number of aryl methyl sites for hydroxylation is 2. The summed E-state index contributed by atoms with van der Waals surface area (Å²) < 4.78 is 43.9. The summed E-state index contributed by atoms with van der Waals surface area (Å²) in [5, 5.41) is 10.1. The lowest BCUT2D eigenvalue weighted by atomic mass is 9.92. The maximum absolute atomic E-state index is 15.4. The Bertz CT molecular complexity index is 1550. The third kappa shape index (κ3) is 6.34. The zero-order chi connectivity index (χ0) is 27.6. The molecule has 0 radical (unpaired) electrons. The first-order chi connectivity index (χ1) is 17.9. The summed E-state index contributed by atoms with van der Waals surface area (Å²) in [5.74, 6) is -1.02. The topological polar surface area (TPSA) is 135 Å². The maximum Gasteiger partial charge on any atom is 0.329 e. The van der Waals surface area contributed by atoms with Crippen molar-refractivity contribution in [3.8, 4) is 0 Å². The third-order valence-corrected chi connectivity index (χ3v) is 9.25. The zero-order valence-corrected chi connectivity index (χ0v) is 23.4. The van der Waals surface area contributed by atoms with Crippen LogP contribution in [0.15, 0.2) is 34.4 Å². The highest BCUT2D eigenvalue weighted by Crippen LogP contribution is 2.34. The standard InChI is InChI=1S/C23H23Cl2FN6O4S2/c1-12-21(37-23(29-12)30-13(2)33)38(35,36)31-22(34)27-10-19(26)17-5-3-4-14-9-28-32(20(14)17)11-15-6-7-16(24)8-18(15)25/h6-9H,3-5,10-11H2,1-2H3,(H2,27,31,34)(H,29,30,33). The highest BCUT2D eigenvalue weighted by atomic mass is 35.5. The van der Waals surface area contributed by atoms with Gasteiger partial charge in [0, 0.05) is 22.5 Å². The van der Waals surface area contributed by atoms with Gasteiger partial charge < -0.3 is 10.6 Å². The maximum atomic E-state index is 15.4. The molecule has 3 aromatic rings. The molecule has 1 aliphatic rings. The van der Waals surface area contributed by atoms with Crippen molar-refractivity contribution in [3.05, 3.63) is 62.8 Å². The molecule has 0 saturated heterocycles. The lowest BCUT2D eigenvalue weighted by Crippen LogP contribution is -2.40. The van der Waals surface area contributed by atoms with Gasteiger partial charge in [0.25, 0.3) is 10.0 Å². The molecule has 38 heavy (non-hydrogen) atoms. The fourth-order valence-electron chi connectivity index (χ4n) is 4.03. The number of carbonyl (C=O) groups excluding carboxylic acids is 2. The molecule has 3 amide bonds. The van der Waals surface area contributed by atoms with Crippen molar-refractivity contribution >= 4 is 67.2 Å². The molecule has 0 spiro atoms. The van der Waals surface area contributed by atoms with Gasteiger partial charge in [-0.2, -0.15) is 5.10 Å². The van der Waals surface area contributed by atoms with Crippen LogP contribution in [-0.2, 0) is 27.8 Å². The van der Waals surface area contributed by atoms with Gasteiger partial charge in [0.15, 0.2) is 9.34 Å². The first kappa shape index (κ1) is 28.0. The number of halogens is 3. The number of allylic oxidation sites excluding steroid dienone is 1. The molecule has 4 rings (SSSR count). The van der Waals surface area contributed by atoms with Gasteiger partial charge in [-0.15, -0.1) is 0 Å². The molecule has 0 fully saturated rings. The highest BCUT2D eigenvalue weighted by molar-refractivity contribution is 7.92. The molecule has 2 aromatic heterocycles. The largest absolute Gasteiger partial charge is 0.331 e. The number of nitrogens with zero attached hydrogens (tertiary/aromatic N) is 3. The quantitative estimate of drug-likeness (QED) is 0.361. The minimum Gasteiger partial charge on any atom is -0.331 e. The molecule has 15 heteroatoms. The van der Waals surface area contributed by atoms with E-state index in [1.165, 1.54) is 13.8 Å². The average molecular weight is 602 g/mol. The number of rotatable bonds is 7. The summed E-state index contributed by atoms with van der Waals surface area (Å²) in [6, 6.07) is 4.00. The van der Waals surface area contributed by atoms with Gasteiger partial charge in [-0.3, -0.25) is 9.48 Å². The van der Waals surface area contributed by atoms with E-state index in [2.05, 4.69) is 20.7 Å². The van der Waals surface area contributed by atoms with E-state index in [0.29, 0.717) is 52.0 Å². The van der Waals surface area contributed by atoms with Gasteiger partial charge in [-0.25, -0.2) is 27.3 Å². The fraction of sp³-hybridized carbons (Fsp3) is 0.304. The molecule has 202 valence electrons. The van der Waals surface area contributed by atoms with Crippen molar-refractivity contribution in [2.75, 3.05) is 11.9 Å². The van der Waals surface area contributed by atoms with Crippen LogP contribution in [0.5, 0.6) is 0 Å². The van der Waals surface area contributed by atoms with Crippen LogP contribution in [0.3, 0.4) is 0 Å². The molecule has 0 atom stereocenters. The Morgan fingerprint density at radius 2 is 2.00 bits per heavy atom. The van der Waals surface area contributed by atoms with Gasteiger partial charge in [0.1, 0.15) is 5.83 Å². The van der Waals surface area contributed by atoms with Gasteiger partial charge in [-0.1, -0.05) is 40.6 Å². The second-order valence-electron chi connectivity index (χ2n) is 8.51. The van der Waals surface area contributed by atoms with E-state index in [-0.39, 0.29) is 15.0 Å². The smallest absolute Gasteiger partial charge is 0.329 e. The summed E-state index contributed by atoms with van der Waals surface area (Å²) >= 11 is 13.0. The van der Waals surface area contributed by atoms with Crippen molar-refractivity contribution in [2.45, 2.75) is 43.9 Å². The summed E-state index contributed by atoms with van der Waals surface area (Å²) in [5.41, 5.74) is 2.73. The molecule has 2 heterocycles. The van der Waals surface area contributed by atoms with Gasteiger partial charge >= 0.3 is 6.03 Å². The Hall–Kier alpha value is -3.00. The molecule has 0 bridgehead atoms. The van der Waals surface area contributed by atoms with Crippen molar-refractivity contribution in [2.24, 2.45) is 0 Å². The first-order valence-electron chi connectivity index (χ1n) is 11.4. The SMILES string of the molecule is CC(=O)Nc1nc(C)c(S(=O)(=O)NC(=O)NCC(F)=C2CCCc3cnn(Cc4ccc(Cl)cc4Cl)c32)s1. The molecular formula is C23H23Cl2FN6O4S2. The van der Waals surface area contributed by atoms with Gasteiger partial charge in [0.05, 0.1) is 30.7 Å². The Morgan fingerprint density at radius 3 is 2.71 bits per heavy atom. The third-order valence-electron chi connectivity index (χ3n) is 5.65. The summed E-state index contributed by atoms with van der Waals surface area (Å²) in [6.45, 7) is 2.46. The number of sulfonamides is 1. The number of thiazole rings is 1. The van der Waals surface area contributed by atoms with Crippen LogP contribution in [0.4, 0.5) is 14.3 Å². The highest BCUT2D eigenvalue weighted by Gasteiger charge is 2.26. The molecule has 0 saturated carbocycles. The monoisotopic (exact) mass is 600 g/mol. The van der Waals surface area contributed by atoms with Gasteiger partial charge in [-0.05, 0) is 49.4 Å². The normalized spacial score (nSPS) is 14.6. The van der Waals surface area contributed by atoms with E-state index < -0.39 is 34.3 Å². The second-order valence-corrected chi connectivity index (χ2v) is 12.2. The summed E-state index contributed by atoms with van der Waals surface area (Å²) in [4.78, 5) is 27.5. The van der Waals surface area contributed by atoms with Crippen molar-refractivity contribution in [1.82, 2.24) is 24.8 Å². The predicted molar refractivity (Wildman–Crippen MR) is 144 cm³/mol. The minimum atomic E-state index is -4.30. The van der Waals surface area contributed by atoms with E-state index in [4.69, 9.17) is 23.2 Å². The van der Waals surface area contributed by atoms with Gasteiger partial charge in [0.2, 0.25) is 5.91 Å². The van der Waals surface area contributed by atoms with Crippen LogP contribution < -0.4 is 15.4 Å². The average Bonchev–Trinajstić information content (AvgIpc) is 3.42. The van der Waals surface area contributed by atoms with Crippen molar-refractivity contribution in [3.63, 3.8) is 0 Å². The number of fused-ring (bicyclic) bond motifs is 1. The van der Waals surface area contributed by atoms with Crippen LogP contribution in [0, 0.1) is 6.92 Å². The Balaban J connectivity index is 1.48. The number of hydrogen-bond donors (Lipinski definition) is 3. The van der Waals surface area contributed by atoms with E-state index >= 15 is 4.39 Å². The number of amides is 3. The lowest BCUT2D eigenvalue weighted by molar-refractivity contribution is -0.114. The van der Waals surface area contributed by atoms with E-state index in [0.717, 1.165) is 17.5 Å². The lowest BCUT2D eigenvalue weighted by Gasteiger charge is -2.19. The number of aromatic nitrogens is 3. The van der Waals surface area contributed by atoms with Crippen LogP contribution >= 0.6 is 34.5 Å². The molecule has 1 aromatic carbocycles. The molecule has 0 unspecified atom stereocenters. The van der Waals surface area contributed by atoms with Crippen LogP contribution in [0.2, 0.25) is 10.0 Å². The van der Waals surface area contributed by atoms with Crippen LogP contribution in [-0.4, -0.2) is 41.7 Å². The number of nitrogens with one attached hydrogen (secondary N) is 3. The number of anilines is 1. The molecule has 3 N–H and O–H groups in total. The van der Waals surface area contributed by atoms with E-state index in [1.807, 2.05) is 4.72 Å². The molecular weight excluding hydrogens is 578 g/mol. The number of carbonyl (C=O) groups is 2.